The molecule has 3 heterocycles. The standard InChI is InChI=1S/C7H12N2.2C6H10N2/c1-6(2)7-8-4-5-9(7)3;1-6(2)8-4-3-7-5-8;1-5(2)6-7-3-4-8-6/h4-6H,1-3H3;3-6H,1-2H3;3-5H,1-2H3,(H,7,8). The Morgan fingerprint density at radius 2 is 1.60 bits per heavy atom. The van der Waals surface area contributed by atoms with Gasteiger partial charge in [-0.2, -0.15) is 0 Å². The van der Waals surface area contributed by atoms with Crippen LogP contribution in [0.25, 0.3) is 0 Å². The van der Waals surface area contributed by atoms with E-state index >= 15 is 0 Å². The van der Waals surface area contributed by atoms with Crippen LogP contribution in [-0.4, -0.2) is 29.1 Å². The zero-order chi connectivity index (χ0) is 18.8. The van der Waals surface area contributed by atoms with E-state index in [9.17, 15) is 0 Å². The summed E-state index contributed by atoms with van der Waals surface area (Å²) >= 11 is 0. The molecule has 3 aromatic heterocycles. The van der Waals surface area contributed by atoms with Gasteiger partial charge in [-0.1, -0.05) is 27.7 Å². The van der Waals surface area contributed by atoms with Crippen molar-refractivity contribution in [3.63, 3.8) is 0 Å². The van der Waals surface area contributed by atoms with Crippen LogP contribution in [-0.2, 0) is 7.05 Å². The molecule has 0 amide bonds. The first-order valence-electron chi connectivity index (χ1n) is 8.76. The fraction of sp³-hybridized carbons (Fsp3) is 0.526. The predicted octanol–water partition coefficient (Wildman–Crippen LogP) is 4.54. The molecule has 0 bridgehead atoms. The molecule has 6 nitrogen and oxygen atoms in total. The Hall–Kier alpha value is -2.37. The van der Waals surface area contributed by atoms with Gasteiger partial charge in [-0.25, -0.2) is 15.0 Å². The van der Waals surface area contributed by atoms with Gasteiger partial charge in [0, 0.05) is 62.1 Å². The highest BCUT2D eigenvalue weighted by Crippen LogP contribution is 2.09. The lowest BCUT2D eigenvalue weighted by Crippen LogP contribution is -1.98. The van der Waals surface area contributed by atoms with Gasteiger partial charge in [0.15, 0.2) is 0 Å². The van der Waals surface area contributed by atoms with Crippen LogP contribution in [0.3, 0.4) is 0 Å². The molecule has 0 saturated carbocycles. The molecule has 0 spiro atoms. The molecule has 25 heavy (non-hydrogen) atoms. The number of aromatic nitrogens is 6. The van der Waals surface area contributed by atoms with E-state index in [0.717, 1.165) is 11.6 Å². The highest BCUT2D eigenvalue weighted by Gasteiger charge is 2.01. The fourth-order valence-corrected chi connectivity index (χ4v) is 2.10. The van der Waals surface area contributed by atoms with Crippen molar-refractivity contribution in [1.82, 2.24) is 29.1 Å². The number of rotatable bonds is 3. The maximum Gasteiger partial charge on any atom is 0.110 e. The van der Waals surface area contributed by atoms with Crippen LogP contribution in [0, 0.1) is 0 Å². The van der Waals surface area contributed by atoms with Gasteiger partial charge >= 0.3 is 0 Å². The van der Waals surface area contributed by atoms with Gasteiger partial charge in [-0.3, -0.25) is 0 Å². The summed E-state index contributed by atoms with van der Waals surface area (Å²) in [5.74, 6) is 3.26. The first kappa shape index (κ1) is 20.7. The molecule has 0 aliphatic rings. The molecule has 0 unspecified atom stereocenters. The minimum Gasteiger partial charge on any atom is -0.348 e. The topological polar surface area (TPSA) is 64.3 Å². The molecule has 0 aliphatic carbocycles. The van der Waals surface area contributed by atoms with Crippen molar-refractivity contribution in [3.05, 3.63) is 55.2 Å². The molecule has 138 valence electrons. The minimum atomic E-state index is 0.519. The SMILES string of the molecule is CC(C)c1ncc[nH]1.CC(C)c1nccn1C.CC(C)n1ccnc1. The third-order valence-corrected chi connectivity index (χ3v) is 3.56. The van der Waals surface area contributed by atoms with Gasteiger partial charge in [-0.15, -0.1) is 0 Å². The van der Waals surface area contributed by atoms with E-state index in [4.69, 9.17) is 0 Å². The van der Waals surface area contributed by atoms with Crippen molar-refractivity contribution in [2.45, 2.75) is 59.4 Å². The molecule has 3 aromatic rings. The first-order chi connectivity index (χ1) is 11.8. The van der Waals surface area contributed by atoms with E-state index < -0.39 is 0 Å². The van der Waals surface area contributed by atoms with E-state index in [1.54, 1.807) is 12.4 Å². The zero-order valence-corrected chi connectivity index (χ0v) is 16.5. The van der Waals surface area contributed by atoms with Crippen LogP contribution in [0.15, 0.2) is 43.5 Å². The summed E-state index contributed by atoms with van der Waals surface area (Å²) in [6.07, 6.45) is 13.0. The van der Waals surface area contributed by atoms with E-state index in [0.29, 0.717) is 17.9 Å². The number of nitrogens with one attached hydrogen (secondary N) is 1. The lowest BCUT2D eigenvalue weighted by atomic mass is 10.2. The van der Waals surface area contributed by atoms with Crippen molar-refractivity contribution >= 4 is 0 Å². The van der Waals surface area contributed by atoms with Crippen molar-refractivity contribution < 1.29 is 0 Å². The third-order valence-electron chi connectivity index (χ3n) is 3.56. The number of aryl methyl sites for hydroxylation is 1. The largest absolute Gasteiger partial charge is 0.348 e. The molecule has 0 radical (unpaired) electrons. The smallest absolute Gasteiger partial charge is 0.110 e. The van der Waals surface area contributed by atoms with Crippen LogP contribution >= 0.6 is 0 Å². The predicted molar refractivity (Wildman–Crippen MR) is 103 cm³/mol. The number of nitrogens with zero attached hydrogens (tertiary/aromatic N) is 5. The van der Waals surface area contributed by atoms with Gasteiger partial charge in [0.2, 0.25) is 0 Å². The summed E-state index contributed by atoms with van der Waals surface area (Å²) in [6, 6.07) is 0.539. The van der Waals surface area contributed by atoms with Crippen LogP contribution < -0.4 is 0 Å². The second-order valence-corrected chi connectivity index (χ2v) is 6.78. The Kier molecular flexibility index (Phi) is 8.67. The summed E-state index contributed by atoms with van der Waals surface area (Å²) in [6.45, 7) is 12.8. The second kappa shape index (κ2) is 10.5. The van der Waals surface area contributed by atoms with Gasteiger partial charge < -0.3 is 14.1 Å². The van der Waals surface area contributed by atoms with Crippen LogP contribution in [0.5, 0.6) is 0 Å². The second-order valence-electron chi connectivity index (χ2n) is 6.78. The molecule has 0 atom stereocenters. The van der Waals surface area contributed by atoms with E-state index in [1.807, 2.05) is 42.7 Å². The first-order valence-corrected chi connectivity index (χ1v) is 8.76. The fourth-order valence-electron chi connectivity index (χ4n) is 2.10. The summed E-state index contributed by atoms with van der Waals surface area (Å²) < 4.78 is 4.10. The van der Waals surface area contributed by atoms with Crippen LogP contribution in [0.4, 0.5) is 0 Å². The third kappa shape index (κ3) is 7.37. The van der Waals surface area contributed by atoms with E-state index in [2.05, 4.69) is 66.0 Å². The Labute approximate surface area is 151 Å². The van der Waals surface area contributed by atoms with Gasteiger partial charge in [0.05, 0.1) is 6.33 Å². The number of hydrogen-bond acceptors (Lipinski definition) is 3. The monoisotopic (exact) mass is 344 g/mol. The summed E-state index contributed by atoms with van der Waals surface area (Å²) in [7, 11) is 2.02. The molecule has 0 aromatic carbocycles. The molecular formula is C19H32N6. The van der Waals surface area contributed by atoms with Gasteiger partial charge in [-0.05, 0) is 13.8 Å². The average molecular weight is 345 g/mol. The molecule has 6 heteroatoms. The van der Waals surface area contributed by atoms with Crippen molar-refractivity contribution in [2.75, 3.05) is 0 Å². The molecule has 1 N–H and O–H groups in total. The van der Waals surface area contributed by atoms with Gasteiger partial charge in [0.1, 0.15) is 11.6 Å². The van der Waals surface area contributed by atoms with Crippen LogP contribution in [0.2, 0.25) is 0 Å². The Morgan fingerprint density at radius 1 is 0.880 bits per heavy atom. The number of hydrogen-bond donors (Lipinski definition) is 1. The van der Waals surface area contributed by atoms with E-state index in [1.165, 1.54) is 0 Å². The molecule has 3 rings (SSSR count). The quantitative estimate of drug-likeness (QED) is 0.758. The summed E-state index contributed by atoms with van der Waals surface area (Å²) in [5, 5.41) is 0. The van der Waals surface area contributed by atoms with Crippen molar-refractivity contribution in [1.29, 1.82) is 0 Å². The highest BCUT2D eigenvalue weighted by atomic mass is 15.0. The molecule has 0 aliphatic heterocycles. The highest BCUT2D eigenvalue weighted by molar-refractivity contribution is 4.95. The molecule has 0 saturated heterocycles. The zero-order valence-electron chi connectivity index (χ0n) is 16.5. The maximum absolute atomic E-state index is 4.18. The Bertz CT molecular complexity index is 624. The normalized spacial score (nSPS) is 10.5. The van der Waals surface area contributed by atoms with Crippen molar-refractivity contribution in [3.8, 4) is 0 Å². The van der Waals surface area contributed by atoms with Gasteiger partial charge in [0.25, 0.3) is 0 Å². The average Bonchev–Trinajstić information content (AvgIpc) is 3.31. The number of imidazole rings is 3. The minimum absolute atomic E-state index is 0.519. The van der Waals surface area contributed by atoms with Crippen molar-refractivity contribution in [2.24, 2.45) is 7.05 Å². The molecular weight excluding hydrogens is 312 g/mol. The number of aromatic amines is 1. The Morgan fingerprint density at radius 3 is 1.84 bits per heavy atom. The lowest BCUT2D eigenvalue weighted by Gasteiger charge is -2.02. The summed E-state index contributed by atoms with van der Waals surface area (Å²) in [5.41, 5.74) is 0. The lowest BCUT2D eigenvalue weighted by molar-refractivity contribution is 0.600. The maximum atomic E-state index is 4.18. The summed E-state index contributed by atoms with van der Waals surface area (Å²) in [4.78, 5) is 15.2. The Balaban J connectivity index is 0.000000188. The van der Waals surface area contributed by atoms with Crippen LogP contribution in [0.1, 0.15) is 71.1 Å². The molecule has 0 fully saturated rings. The van der Waals surface area contributed by atoms with E-state index in [-0.39, 0.29) is 0 Å². The number of H-pyrrole nitrogens is 1.